The van der Waals surface area contributed by atoms with Crippen molar-refractivity contribution in [3.63, 3.8) is 0 Å². The maximum Gasteiger partial charge on any atom is 0.500 e. The van der Waals surface area contributed by atoms with Gasteiger partial charge in [0.1, 0.15) is 0 Å². The summed E-state index contributed by atoms with van der Waals surface area (Å²) < 4.78 is 21.4. The second kappa shape index (κ2) is 7.62. The minimum atomic E-state index is -4.81. The minimum absolute atomic E-state index is 1.07. The number of rotatable bonds is 4. The van der Waals surface area contributed by atoms with Gasteiger partial charge in [0.15, 0.2) is 0 Å². The molecule has 1 aliphatic rings. The Kier molecular flexibility index (Phi) is 7.33. The van der Waals surface area contributed by atoms with E-state index in [1.165, 1.54) is 19.4 Å². The molecule has 0 amide bonds. The molecule has 2 N–H and O–H groups in total. The standard InChI is InChI=1S/C8H16N2.FH2O4P/c1-3-4-5-10-7-6-9(2)8-10;1-5-6(2,3)4/h6-7H,3-5,8H2,1-2H3;(H2,2,3,4). The average molecular weight is 256 g/mol. The molecule has 96 valence electrons. The molecule has 0 unspecified atom stereocenters. The quantitative estimate of drug-likeness (QED) is 0.741. The average Bonchev–Trinajstić information content (AvgIpc) is 2.61. The molecule has 0 saturated heterocycles. The third-order valence-electron chi connectivity index (χ3n) is 1.83. The molecule has 0 aromatic carbocycles. The van der Waals surface area contributed by atoms with Gasteiger partial charge in [-0.3, -0.25) is 0 Å². The van der Waals surface area contributed by atoms with E-state index in [0.29, 0.717) is 0 Å². The van der Waals surface area contributed by atoms with E-state index in [9.17, 15) is 4.53 Å². The molecular weight excluding hydrogens is 238 g/mol. The lowest BCUT2D eigenvalue weighted by molar-refractivity contribution is -0.0389. The Hall–Kier alpha value is -0.620. The fraction of sp³-hybridized carbons (Fsp3) is 0.750. The zero-order valence-electron chi connectivity index (χ0n) is 9.41. The molecule has 0 atom stereocenters. The molecule has 6 nitrogen and oxygen atoms in total. The van der Waals surface area contributed by atoms with Crippen LogP contribution in [0.3, 0.4) is 0 Å². The van der Waals surface area contributed by atoms with Crippen LogP contribution in [0.2, 0.25) is 0 Å². The SMILES string of the molecule is CCCCN1C=CN(C)C1.O=P(O)(O)OF. The van der Waals surface area contributed by atoms with E-state index in [1.54, 1.807) is 0 Å². The first-order valence-corrected chi connectivity index (χ1v) is 6.40. The molecule has 16 heavy (non-hydrogen) atoms. The Labute approximate surface area is 94.4 Å². The molecule has 1 rings (SSSR count). The second-order valence-corrected chi connectivity index (χ2v) is 4.54. The molecule has 0 radical (unpaired) electrons. The molecule has 0 fully saturated rings. The number of halogens is 1. The van der Waals surface area contributed by atoms with Crippen molar-refractivity contribution in [3.8, 4) is 0 Å². The summed E-state index contributed by atoms with van der Waals surface area (Å²) in [5.41, 5.74) is 0. The van der Waals surface area contributed by atoms with Crippen molar-refractivity contribution in [2.45, 2.75) is 19.8 Å². The Bertz CT molecular complexity index is 258. The van der Waals surface area contributed by atoms with E-state index in [4.69, 9.17) is 14.4 Å². The summed E-state index contributed by atoms with van der Waals surface area (Å²) in [6.07, 6.45) is 6.87. The van der Waals surface area contributed by atoms with E-state index in [2.05, 4.69) is 40.9 Å². The molecule has 0 aromatic rings. The number of phosphoric acid groups is 1. The molecule has 0 aromatic heterocycles. The minimum Gasteiger partial charge on any atom is -0.362 e. The van der Waals surface area contributed by atoms with Crippen LogP contribution in [0, 0.1) is 0 Å². The highest BCUT2D eigenvalue weighted by Gasteiger charge is 2.12. The molecule has 0 aliphatic carbocycles. The van der Waals surface area contributed by atoms with Gasteiger partial charge in [0.25, 0.3) is 0 Å². The maximum atomic E-state index is 10.2. The van der Waals surface area contributed by atoms with Crippen LogP contribution in [0.15, 0.2) is 12.4 Å². The molecule has 0 saturated carbocycles. The first kappa shape index (κ1) is 15.4. The van der Waals surface area contributed by atoms with Crippen molar-refractivity contribution in [1.82, 2.24) is 9.80 Å². The fourth-order valence-corrected chi connectivity index (χ4v) is 1.10. The van der Waals surface area contributed by atoms with E-state index in [0.717, 1.165) is 6.67 Å². The van der Waals surface area contributed by atoms with Gasteiger partial charge in [-0.05, 0) is 10.9 Å². The van der Waals surface area contributed by atoms with E-state index in [1.807, 2.05) is 0 Å². The van der Waals surface area contributed by atoms with Crippen molar-refractivity contribution in [3.05, 3.63) is 12.4 Å². The van der Waals surface area contributed by atoms with Gasteiger partial charge in [-0.1, -0.05) is 18.1 Å². The molecule has 0 bridgehead atoms. The Balaban J connectivity index is 0.000000325. The zero-order chi connectivity index (χ0) is 12.6. The van der Waals surface area contributed by atoms with Crippen LogP contribution < -0.4 is 0 Å². The zero-order valence-corrected chi connectivity index (χ0v) is 10.3. The highest BCUT2D eigenvalue weighted by molar-refractivity contribution is 7.46. The van der Waals surface area contributed by atoms with Crippen LogP contribution in [-0.4, -0.2) is 39.8 Å². The third-order valence-corrected chi connectivity index (χ3v) is 2.01. The lowest BCUT2D eigenvalue weighted by Crippen LogP contribution is -2.23. The van der Waals surface area contributed by atoms with Crippen LogP contribution in [-0.2, 0) is 9.29 Å². The summed E-state index contributed by atoms with van der Waals surface area (Å²) >= 11 is 0. The van der Waals surface area contributed by atoms with Crippen LogP contribution in [0.25, 0.3) is 0 Å². The predicted octanol–water partition coefficient (Wildman–Crippen LogP) is 1.44. The summed E-state index contributed by atoms with van der Waals surface area (Å²) in [6.45, 7) is 4.50. The molecule has 0 spiro atoms. The highest BCUT2D eigenvalue weighted by Crippen LogP contribution is 2.35. The number of hydrogen-bond donors (Lipinski definition) is 2. The Morgan fingerprint density at radius 2 is 2.06 bits per heavy atom. The second-order valence-electron chi connectivity index (χ2n) is 3.42. The third kappa shape index (κ3) is 8.67. The van der Waals surface area contributed by atoms with Gasteiger partial charge >= 0.3 is 7.82 Å². The van der Waals surface area contributed by atoms with Crippen molar-refractivity contribution in [2.24, 2.45) is 0 Å². The lowest BCUT2D eigenvalue weighted by atomic mass is 10.3. The topological polar surface area (TPSA) is 73.2 Å². The normalized spacial score (nSPS) is 15.1. The van der Waals surface area contributed by atoms with E-state index in [-0.39, 0.29) is 0 Å². The van der Waals surface area contributed by atoms with Gasteiger partial charge in [-0.2, -0.15) is 0 Å². The van der Waals surface area contributed by atoms with E-state index >= 15 is 0 Å². The monoisotopic (exact) mass is 256 g/mol. The summed E-state index contributed by atoms with van der Waals surface area (Å²) in [7, 11) is -2.71. The largest absolute Gasteiger partial charge is 0.500 e. The van der Waals surface area contributed by atoms with Crippen LogP contribution in [0.1, 0.15) is 19.8 Å². The summed E-state index contributed by atoms with van der Waals surface area (Å²) in [4.78, 5) is 19.2. The Morgan fingerprint density at radius 1 is 1.50 bits per heavy atom. The molecule has 1 heterocycles. The summed E-state index contributed by atoms with van der Waals surface area (Å²) in [5, 5.41) is 0. The predicted molar refractivity (Wildman–Crippen MR) is 57.6 cm³/mol. The van der Waals surface area contributed by atoms with Crippen LogP contribution in [0.4, 0.5) is 4.53 Å². The molecular formula is C8H18FN2O4P. The first-order chi connectivity index (χ1) is 7.39. The van der Waals surface area contributed by atoms with Crippen molar-refractivity contribution >= 4 is 7.82 Å². The maximum absolute atomic E-state index is 10.2. The number of unbranched alkanes of at least 4 members (excludes halogenated alkanes) is 1. The highest BCUT2D eigenvalue weighted by atomic mass is 31.2. The fourth-order valence-electron chi connectivity index (χ4n) is 1.10. The lowest BCUT2D eigenvalue weighted by Gasteiger charge is -2.17. The van der Waals surface area contributed by atoms with Gasteiger partial charge < -0.3 is 19.6 Å². The van der Waals surface area contributed by atoms with Gasteiger partial charge in [0, 0.05) is 26.0 Å². The summed E-state index contributed by atoms with van der Waals surface area (Å²) in [5.74, 6) is 0. The van der Waals surface area contributed by atoms with Crippen LogP contribution >= 0.6 is 7.82 Å². The van der Waals surface area contributed by atoms with Gasteiger partial charge in [0.05, 0.1) is 6.67 Å². The van der Waals surface area contributed by atoms with Crippen molar-refractivity contribution < 1.29 is 23.6 Å². The molecule has 1 aliphatic heterocycles. The van der Waals surface area contributed by atoms with Gasteiger partial charge in [0.2, 0.25) is 0 Å². The first-order valence-electron chi connectivity index (χ1n) is 4.87. The number of hydrogen-bond acceptors (Lipinski definition) is 4. The Morgan fingerprint density at radius 3 is 2.38 bits per heavy atom. The van der Waals surface area contributed by atoms with Crippen LogP contribution in [0.5, 0.6) is 0 Å². The molecule has 8 heteroatoms. The van der Waals surface area contributed by atoms with Crippen molar-refractivity contribution in [1.29, 1.82) is 0 Å². The van der Waals surface area contributed by atoms with Crippen molar-refractivity contribution in [2.75, 3.05) is 20.3 Å². The van der Waals surface area contributed by atoms with Gasteiger partial charge in [-0.15, -0.1) is 0 Å². The number of nitrogens with zero attached hydrogens (tertiary/aromatic N) is 2. The van der Waals surface area contributed by atoms with E-state index < -0.39 is 7.82 Å². The smallest absolute Gasteiger partial charge is 0.362 e. The van der Waals surface area contributed by atoms with Gasteiger partial charge in [-0.25, -0.2) is 4.57 Å². The summed E-state index contributed by atoms with van der Waals surface area (Å²) in [6, 6.07) is 0.